The Morgan fingerprint density at radius 1 is 1.50 bits per heavy atom. The van der Waals surface area contributed by atoms with E-state index in [4.69, 9.17) is 0 Å². The van der Waals surface area contributed by atoms with Crippen molar-refractivity contribution in [3.05, 3.63) is 17.8 Å². The lowest BCUT2D eigenvalue weighted by atomic mass is 9.85. The number of hydrogen-bond acceptors (Lipinski definition) is 3. The van der Waals surface area contributed by atoms with Gasteiger partial charge < -0.3 is 10.6 Å². The molecule has 1 aromatic rings. The number of rotatable bonds is 0. The molecular formula is C13H19N3. The zero-order valence-corrected chi connectivity index (χ0v) is 10.0. The molecular weight excluding hydrogens is 198 g/mol. The van der Waals surface area contributed by atoms with Gasteiger partial charge in [0.05, 0.1) is 5.69 Å². The van der Waals surface area contributed by atoms with Crippen LogP contribution >= 0.6 is 0 Å². The highest BCUT2D eigenvalue weighted by Crippen LogP contribution is 2.42. The molecule has 2 aliphatic rings. The van der Waals surface area contributed by atoms with Crippen LogP contribution < -0.4 is 10.6 Å². The number of pyridine rings is 1. The summed E-state index contributed by atoms with van der Waals surface area (Å²) in [6.07, 6.45) is 5.85. The summed E-state index contributed by atoms with van der Waals surface area (Å²) in [5, 5.41) is 7.17. The molecule has 2 N–H and O–H groups in total. The van der Waals surface area contributed by atoms with Gasteiger partial charge in [0.25, 0.3) is 0 Å². The number of fused-ring (bicyclic) bond motifs is 2. The summed E-state index contributed by atoms with van der Waals surface area (Å²) >= 11 is 0. The van der Waals surface area contributed by atoms with Crippen LogP contribution in [0.5, 0.6) is 0 Å². The maximum absolute atomic E-state index is 4.50. The smallest absolute Gasteiger partial charge is 0.149 e. The minimum absolute atomic E-state index is 0.384. The number of aryl methyl sites for hydroxylation is 1. The Bertz CT molecular complexity index is 416. The first-order chi connectivity index (χ1) is 7.67. The number of nitrogens with one attached hydrogen (secondary N) is 2. The number of hydrogen-bond donors (Lipinski definition) is 2. The van der Waals surface area contributed by atoms with E-state index in [0.717, 1.165) is 18.1 Å². The molecule has 2 atom stereocenters. The summed E-state index contributed by atoms with van der Waals surface area (Å²) in [5.41, 5.74) is 2.76. The Morgan fingerprint density at radius 2 is 2.38 bits per heavy atom. The molecule has 1 fully saturated rings. The SMILES string of the molecule is Cc1cnc2c(c1)NCC1(C)CCCC1N2. The van der Waals surface area contributed by atoms with Crippen molar-refractivity contribution < 1.29 is 0 Å². The van der Waals surface area contributed by atoms with Crippen LogP contribution in [0.2, 0.25) is 0 Å². The Labute approximate surface area is 96.7 Å². The zero-order valence-electron chi connectivity index (χ0n) is 10.0. The summed E-state index contributed by atoms with van der Waals surface area (Å²) in [7, 11) is 0. The topological polar surface area (TPSA) is 37.0 Å². The molecule has 3 heteroatoms. The third kappa shape index (κ3) is 1.46. The van der Waals surface area contributed by atoms with Crippen molar-refractivity contribution in [2.24, 2.45) is 5.41 Å². The van der Waals surface area contributed by atoms with Crippen LogP contribution in [-0.4, -0.2) is 17.6 Å². The second kappa shape index (κ2) is 3.37. The molecule has 1 aliphatic heterocycles. The highest BCUT2D eigenvalue weighted by molar-refractivity contribution is 5.66. The Morgan fingerprint density at radius 3 is 3.25 bits per heavy atom. The number of nitrogens with zero attached hydrogens (tertiary/aromatic N) is 1. The van der Waals surface area contributed by atoms with Gasteiger partial charge in [0.1, 0.15) is 5.82 Å². The summed E-state index contributed by atoms with van der Waals surface area (Å²) in [5.74, 6) is 1.03. The van der Waals surface area contributed by atoms with E-state index < -0.39 is 0 Å². The van der Waals surface area contributed by atoms with Gasteiger partial charge in [0.2, 0.25) is 0 Å². The van der Waals surface area contributed by atoms with E-state index in [1.54, 1.807) is 0 Å². The van der Waals surface area contributed by atoms with E-state index in [1.165, 1.54) is 24.8 Å². The molecule has 86 valence electrons. The summed E-state index contributed by atoms with van der Waals surface area (Å²) < 4.78 is 0. The predicted octanol–water partition coefficient (Wildman–Crippen LogP) is 2.79. The molecule has 1 aromatic heterocycles. The molecule has 0 saturated heterocycles. The first-order valence-corrected chi connectivity index (χ1v) is 6.14. The first kappa shape index (κ1) is 9.94. The fourth-order valence-corrected chi connectivity index (χ4v) is 2.97. The average Bonchev–Trinajstić information content (AvgIpc) is 2.55. The maximum atomic E-state index is 4.50. The Balaban J connectivity index is 1.97. The zero-order chi connectivity index (χ0) is 11.2. The van der Waals surface area contributed by atoms with Crippen molar-refractivity contribution in [3.63, 3.8) is 0 Å². The maximum Gasteiger partial charge on any atom is 0.149 e. The third-order valence-corrected chi connectivity index (χ3v) is 4.10. The normalized spacial score (nSPS) is 32.0. The van der Waals surface area contributed by atoms with E-state index in [0.29, 0.717) is 11.5 Å². The van der Waals surface area contributed by atoms with Gasteiger partial charge in [0.15, 0.2) is 0 Å². The molecule has 1 aliphatic carbocycles. The second-order valence-corrected chi connectivity index (χ2v) is 5.51. The molecule has 0 aromatic carbocycles. The van der Waals surface area contributed by atoms with Crippen LogP contribution in [0.1, 0.15) is 31.7 Å². The molecule has 16 heavy (non-hydrogen) atoms. The van der Waals surface area contributed by atoms with Crippen LogP contribution in [-0.2, 0) is 0 Å². The molecule has 2 heterocycles. The van der Waals surface area contributed by atoms with Crippen molar-refractivity contribution in [2.45, 2.75) is 39.2 Å². The van der Waals surface area contributed by atoms with Crippen LogP contribution in [0.4, 0.5) is 11.5 Å². The quantitative estimate of drug-likeness (QED) is 0.701. The van der Waals surface area contributed by atoms with Gasteiger partial charge in [-0.2, -0.15) is 0 Å². The van der Waals surface area contributed by atoms with Crippen LogP contribution in [0.15, 0.2) is 12.3 Å². The lowest BCUT2D eigenvalue weighted by molar-refractivity contribution is 0.335. The molecule has 0 spiro atoms. The monoisotopic (exact) mass is 217 g/mol. The van der Waals surface area contributed by atoms with Crippen molar-refractivity contribution in [3.8, 4) is 0 Å². The van der Waals surface area contributed by atoms with Gasteiger partial charge in [-0.15, -0.1) is 0 Å². The highest BCUT2D eigenvalue weighted by Gasteiger charge is 2.40. The molecule has 0 bridgehead atoms. The van der Waals surface area contributed by atoms with E-state index in [-0.39, 0.29) is 0 Å². The summed E-state index contributed by atoms with van der Waals surface area (Å²) in [6, 6.07) is 2.76. The molecule has 0 amide bonds. The average molecular weight is 217 g/mol. The van der Waals surface area contributed by atoms with E-state index >= 15 is 0 Å². The van der Waals surface area contributed by atoms with E-state index in [9.17, 15) is 0 Å². The van der Waals surface area contributed by atoms with Gasteiger partial charge in [-0.1, -0.05) is 13.3 Å². The van der Waals surface area contributed by atoms with Crippen molar-refractivity contribution in [1.29, 1.82) is 0 Å². The predicted molar refractivity (Wildman–Crippen MR) is 66.8 cm³/mol. The fourth-order valence-electron chi connectivity index (χ4n) is 2.97. The van der Waals surface area contributed by atoms with Crippen LogP contribution in [0.25, 0.3) is 0 Å². The van der Waals surface area contributed by atoms with Crippen LogP contribution in [0.3, 0.4) is 0 Å². The lowest BCUT2D eigenvalue weighted by Gasteiger charge is -2.29. The minimum atomic E-state index is 0.384. The Hall–Kier alpha value is -1.25. The molecule has 1 saturated carbocycles. The van der Waals surface area contributed by atoms with Crippen LogP contribution in [0, 0.1) is 12.3 Å². The van der Waals surface area contributed by atoms with Gasteiger partial charge in [-0.25, -0.2) is 4.98 Å². The molecule has 3 nitrogen and oxygen atoms in total. The number of anilines is 2. The van der Waals surface area contributed by atoms with E-state index in [1.807, 2.05) is 6.20 Å². The standard InChI is InChI=1S/C13H19N3/c1-9-6-10-12(14-7-9)16-11-4-3-5-13(11,2)8-15-10/h6-7,11,15H,3-5,8H2,1-2H3,(H,14,16). The Kier molecular flexibility index (Phi) is 2.09. The summed E-state index contributed by atoms with van der Waals surface area (Å²) in [6.45, 7) is 5.52. The van der Waals surface area contributed by atoms with Crippen molar-refractivity contribution in [2.75, 3.05) is 17.2 Å². The van der Waals surface area contributed by atoms with Gasteiger partial charge >= 0.3 is 0 Å². The minimum Gasteiger partial charge on any atom is -0.381 e. The van der Waals surface area contributed by atoms with Gasteiger partial charge in [-0.3, -0.25) is 0 Å². The third-order valence-electron chi connectivity index (χ3n) is 4.10. The first-order valence-electron chi connectivity index (χ1n) is 6.14. The summed E-state index contributed by atoms with van der Waals surface area (Å²) in [4.78, 5) is 4.50. The lowest BCUT2D eigenvalue weighted by Crippen LogP contribution is -2.36. The molecule has 0 radical (unpaired) electrons. The van der Waals surface area contributed by atoms with E-state index in [2.05, 4.69) is 35.5 Å². The van der Waals surface area contributed by atoms with Gasteiger partial charge in [-0.05, 0) is 31.4 Å². The highest BCUT2D eigenvalue weighted by atomic mass is 15.1. The molecule has 2 unspecified atom stereocenters. The molecule has 3 rings (SSSR count). The second-order valence-electron chi connectivity index (χ2n) is 5.51. The fraction of sp³-hybridized carbons (Fsp3) is 0.615. The van der Waals surface area contributed by atoms with Gasteiger partial charge in [0, 0.05) is 24.2 Å². The van der Waals surface area contributed by atoms with Crippen molar-refractivity contribution in [1.82, 2.24) is 4.98 Å². The van der Waals surface area contributed by atoms with Crippen molar-refractivity contribution >= 4 is 11.5 Å². The largest absolute Gasteiger partial charge is 0.381 e. The number of aromatic nitrogens is 1.